The van der Waals surface area contributed by atoms with Crippen molar-refractivity contribution in [2.24, 2.45) is 0 Å². The molecule has 19 heavy (non-hydrogen) atoms. The van der Waals surface area contributed by atoms with Crippen molar-refractivity contribution in [2.45, 2.75) is 0 Å². The zero-order valence-corrected chi connectivity index (χ0v) is 11.2. The summed E-state index contributed by atoms with van der Waals surface area (Å²) in [6.07, 6.45) is 12.8. The molecule has 0 fully saturated rings. The van der Waals surface area contributed by atoms with Crippen LogP contribution < -0.4 is 0 Å². The van der Waals surface area contributed by atoms with Gasteiger partial charge in [0.15, 0.2) is 5.71 Å². The summed E-state index contributed by atoms with van der Waals surface area (Å²) >= 11 is 0. The molecule has 1 N–H and O–H groups in total. The number of hydrogen-bond acceptors (Lipinski definition) is 0. The molecule has 1 aromatic heterocycles. The van der Waals surface area contributed by atoms with Crippen LogP contribution in [0.4, 0.5) is 0 Å². The molecule has 0 amide bonds. The molecular formula is C17H17N2+. The van der Waals surface area contributed by atoms with Gasteiger partial charge in [-0.3, -0.25) is 0 Å². The van der Waals surface area contributed by atoms with Crippen molar-refractivity contribution in [3.63, 3.8) is 0 Å². The molecule has 2 aromatic rings. The molecule has 2 heteroatoms. The summed E-state index contributed by atoms with van der Waals surface area (Å²) in [4.78, 5) is 3.30. The van der Waals surface area contributed by atoms with Crippen LogP contribution in [0.3, 0.4) is 0 Å². The van der Waals surface area contributed by atoms with Crippen LogP contribution in [-0.2, 0) is 0 Å². The Hall–Kier alpha value is -2.35. The van der Waals surface area contributed by atoms with Crippen LogP contribution in [0.1, 0.15) is 5.56 Å². The highest BCUT2D eigenvalue weighted by Gasteiger charge is 2.05. The minimum atomic E-state index is 1.18. The summed E-state index contributed by atoms with van der Waals surface area (Å²) in [6.45, 7) is 0. The fourth-order valence-corrected chi connectivity index (χ4v) is 2.26. The van der Waals surface area contributed by atoms with E-state index in [-0.39, 0.29) is 0 Å². The molecule has 0 spiro atoms. The van der Waals surface area contributed by atoms with E-state index >= 15 is 0 Å². The maximum Gasteiger partial charge on any atom is 0.199 e. The molecule has 0 radical (unpaired) electrons. The van der Waals surface area contributed by atoms with Crippen molar-refractivity contribution in [3.05, 3.63) is 65.9 Å². The van der Waals surface area contributed by atoms with Crippen molar-refractivity contribution in [3.8, 4) is 0 Å². The smallest absolute Gasteiger partial charge is 0.199 e. The fraction of sp³-hybridized carbons (Fsp3) is 0.118. The van der Waals surface area contributed by atoms with Gasteiger partial charge in [0.1, 0.15) is 14.1 Å². The third kappa shape index (κ3) is 2.29. The van der Waals surface area contributed by atoms with Gasteiger partial charge in [-0.1, -0.05) is 18.2 Å². The molecule has 2 nitrogen and oxygen atoms in total. The van der Waals surface area contributed by atoms with E-state index in [1.54, 1.807) is 0 Å². The monoisotopic (exact) mass is 249 g/mol. The number of hydrogen-bond donors (Lipinski definition) is 1. The van der Waals surface area contributed by atoms with Crippen LogP contribution in [0.2, 0.25) is 0 Å². The van der Waals surface area contributed by atoms with Gasteiger partial charge in [0.2, 0.25) is 0 Å². The maximum atomic E-state index is 3.30. The van der Waals surface area contributed by atoms with Gasteiger partial charge < -0.3 is 4.98 Å². The lowest BCUT2D eigenvalue weighted by Gasteiger charge is -2.01. The average molecular weight is 249 g/mol. The maximum absolute atomic E-state index is 3.30. The summed E-state index contributed by atoms with van der Waals surface area (Å²) in [6, 6.07) is 8.37. The third-order valence-corrected chi connectivity index (χ3v) is 3.35. The predicted octanol–water partition coefficient (Wildman–Crippen LogP) is 3.39. The quantitative estimate of drug-likeness (QED) is 0.747. The van der Waals surface area contributed by atoms with Crippen molar-refractivity contribution in [2.75, 3.05) is 14.1 Å². The largest absolute Gasteiger partial charge is 0.361 e. The van der Waals surface area contributed by atoms with E-state index in [0.29, 0.717) is 0 Å². The molecule has 1 aromatic carbocycles. The van der Waals surface area contributed by atoms with Gasteiger partial charge >= 0.3 is 0 Å². The van der Waals surface area contributed by atoms with Crippen LogP contribution in [0.15, 0.2) is 60.3 Å². The second-order valence-electron chi connectivity index (χ2n) is 4.92. The molecular weight excluding hydrogens is 232 g/mol. The van der Waals surface area contributed by atoms with Crippen molar-refractivity contribution in [1.82, 2.24) is 4.98 Å². The predicted molar refractivity (Wildman–Crippen MR) is 81.7 cm³/mol. The van der Waals surface area contributed by atoms with Gasteiger partial charge in [-0.15, -0.1) is 0 Å². The summed E-state index contributed by atoms with van der Waals surface area (Å²) in [7, 11) is 4.11. The highest BCUT2D eigenvalue weighted by molar-refractivity contribution is 6.03. The minimum absolute atomic E-state index is 1.18. The standard InChI is InChI=1S/C17H16N2/c1-19(2)15-9-7-13(8-10-15)11-14-12-18-17-6-4-3-5-16(14)17/h3-12H,1-2H3/p+1. The number of fused-ring (bicyclic) bond motifs is 1. The Labute approximate surface area is 113 Å². The molecule has 0 aliphatic heterocycles. The van der Waals surface area contributed by atoms with E-state index < -0.39 is 0 Å². The zero-order chi connectivity index (χ0) is 13.2. The molecule has 0 unspecified atom stereocenters. The Kier molecular flexibility index (Phi) is 2.92. The first kappa shape index (κ1) is 11.7. The Balaban J connectivity index is 1.98. The van der Waals surface area contributed by atoms with Crippen molar-refractivity contribution >= 4 is 22.7 Å². The second-order valence-corrected chi connectivity index (χ2v) is 4.92. The minimum Gasteiger partial charge on any atom is -0.361 e. The number of rotatable bonds is 1. The first-order chi connectivity index (χ1) is 9.24. The number of nitrogens with zero attached hydrogens (tertiary/aromatic N) is 1. The lowest BCUT2D eigenvalue weighted by molar-refractivity contribution is -0.462. The number of aromatic nitrogens is 1. The van der Waals surface area contributed by atoms with E-state index in [2.05, 4.69) is 84.5 Å². The van der Waals surface area contributed by atoms with E-state index in [1.165, 1.54) is 27.8 Å². The molecule has 0 atom stereocenters. The van der Waals surface area contributed by atoms with Gasteiger partial charge in [-0.2, -0.15) is 0 Å². The van der Waals surface area contributed by atoms with Crippen molar-refractivity contribution < 1.29 is 4.58 Å². The van der Waals surface area contributed by atoms with Crippen LogP contribution in [0, 0.1) is 0 Å². The number of para-hydroxylation sites is 1. The van der Waals surface area contributed by atoms with Crippen LogP contribution in [0.25, 0.3) is 17.0 Å². The fourth-order valence-electron chi connectivity index (χ4n) is 2.26. The summed E-state index contributed by atoms with van der Waals surface area (Å²) in [5, 5.41) is 1.26. The summed E-state index contributed by atoms with van der Waals surface area (Å²) in [5.74, 6) is 0. The highest BCUT2D eigenvalue weighted by atomic mass is 14.9. The van der Waals surface area contributed by atoms with Crippen molar-refractivity contribution in [1.29, 1.82) is 0 Å². The lowest BCUT2D eigenvalue weighted by atomic mass is 10.0. The lowest BCUT2D eigenvalue weighted by Crippen LogP contribution is -2.09. The zero-order valence-electron chi connectivity index (χ0n) is 11.2. The normalized spacial score (nSPS) is 14.2. The topological polar surface area (TPSA) is 18.8 Å². The number of aromatic amines is 1. The van der Waals surface area contributed by atoms with Crippen LogP contribution in [-0.4, -0.2) is 29.4 Å². The molecule has 0 saturated carbocycles. The SMILES string of the molecule is C[N+](C)=C1C=CC(=Cc2c[nH]c3ccccc23)C=C1. The summed E-state index contributed by atoms with van der Waals surface area (Å²) in [5.41, 5.74) is 4.85. The second kappa shape index (κ2) is 4.73. The average Bonchev–Trinajstić information content (AvgIpc) is 2.83. The number of benzene rings is 1. The molecule has 0 bridgehead atoms. The first-order valence-electron chi connectivity index (χ1n) is 6.42. The molecule has 1 heterocycles. The first-order valence-corrected chi connectivity index (χ1v) is 6.42. The van der Waals surface area contributed by atoms with Gasteiger partial charge in [-0.25, -0.2) is 4.58 Å². The number of nitrogens with one attached hydrogen (secondary N) is 1. The molecule has 1 aliphatic rings. The Bertz CT molecular complexity index is 717. The van der Waals surface area contributed by atoms with E-state index in [0.717, 1.165) is 0 Å². The molecule has 3 rings (SSSR count). The molecule has 0 saturated heterocycles. The Morgan fingerprint density at radius 3 is 2.47 bits per heavy atom. The van der Waals surface area contributed by atoms with E-state index in [1.807, 2.05) is 0 Å². The molecule has 94 valence electrons. The van der Waals surface area contributed by atoms with Gasteiger partial charge in [0.05, 0.1) is 0 Å². The Morgan fingerprint density at radius 2 is 1.74 bits per heavy atom. The van der Waals surface area contributed by atoms with E-state index in [4.69, 9.17) is 0 Å². The van der Waals surface area contributed by atoms with Crippen LogP contribution in [0.5, 0.6) is 0 Å². The number of allylic oxidation sites excluding steroid dienone is 5. The third-order valence-electron chi connectivity index (χ3n) is 3.35. The number of H-pyrrole nitrogens is 1. The van der Waals surface area contributed by atoms with Gasteiger partial charge in [-0.05, 0) is 29.9 Å². The highest BCUT2D eigenvalue weighted by Crippen LogP contribution is 2.21. The van der Waals surface area contributed by atoms with E-state index in [9.17, 15) is 0 Å². The van der Waals surface area contributed by atoms with Crippen LogP contribution >= 0.6 is 0 Å². The van der Waals surface area contributed by atoms with Gasteiger partial charge in [0, 0.05) is 34.8 Å². The molecule has 1 aliphatic carbocycles. The van der Waals surface area contributed by atoms with Gasteiger partial charge in [0.25, 0.3) is 0 Å². The summed E-state index contributed by atoms with van der Waals surface area (Å²) < 4.78 is 2.11. The Morgan fingerprint density at radius 1 is 1.00 bits per heavy atom.